The van der Waals surface area contributed by atoms with Gasteiger partial charge in [-0.15, -0.1) is 0 Å². The Morgan fingerprint density at radius 3 is 2.83 bits per heavy atom. The van der Waals surface area contributed by atoms with E-state index in [4.69, 9.17) is 22.5 Å². The normalized spacial score (nSPS) is 22.7. The van der Waals surface area contributed by atoms with Crippen LogP contribution >= 0.6 is 11.6 Å². The first-order valence-electron chi connectivity index (χ1n) is 5.61. The van der Waals surface area contributed by atoms with E-state index in [9.17, 15) is 4.79 Å². The van der Waals surface area contributed by atoms with E-state index < -0.39 is 0 Å². The molecule has 96 valence electrons. The highest BCUT2D eigenvalue weighted by molar-refractivity contribution is 6.31. The van der Waals surface area contributed by atoms with Gasteiger partial charge in [0.05, 0.1) is 5.69 Å². The Balaban J connectivity index is 2.25. The quantitative estimate of drug-likeness (QED) is 0.339. The van der Waals surface area contributed by atoms with E-state index in [1.807, 2.05) is 6.92 Å². The van der Waals surface area contributed by atoms with E-state index in [-0.39, 0.29) is 17.7 Å². The van der Waals surface area contributed by atoms with Crippen LogP contribution < -0.4 is 11.1 Å². The van der Waals surface area contributed by atoms with Crippen LogP contribution in [-0.4, -0.2) is 17.0 Å². The van der Waals surface area contributed by atoms with Gasteiger partial charge >= 0.3 is 0 Å². The summed E-state index contributed by atoms with van der Waals surface area (Å²) in [4.78, 5) is 11.9. The zero-order chi connectivity index (χ0) is 13.3. The number of nitrogens with zero attached hydrogens (tertiary/aromatic N) is 1. The van der Waals surface area contributed by atoms with E-state index >= 15 is 0 Å². The molecule has 0 bridgehead atoms. The third-order valence-electron chi connectivity index (χ3n) is 3.07. The van der Waals surface area contributed by atoms with Gasteiger partial charge in [0.2, 0.25) is 5.91 Å². The van der Waals surface area contributed by atoms with Crippen molar-refractivity contribution in [3.63, 3.8) is 0 Å². The monoisotopic (exact) mass is 267 g/mol. The molecule has 1 aliphatic carbocycles. The molecule has 2 atom stereocenters. The molecule has 1 amide bonds. The van der Waals surface area contributed by atoms with Gasteiger partial charge in [0.1, 0.15) is 0 Å². The number of benzene rings is 1. The van der Waals surface area contributed by atoms with Gasteiger partial charge in [0, 0.05) is 16.5 Å². The summed E-state index contributed by atoms with van der Waals surface area (Å²) in [6.45, 7) is 2.02. The van der Waals surface area contributed by atoms with Gasteiger partial charge in [0.25, 0.3) is 0 Å². The summed E-state index contributed by atoms with van der Waals surface area (Å²) >= 11 is 5.88. The lowest BCUT2D eigenvalue weighted by atomic mass is 10.1. The Bertz CT molecular complexity index is 516. The first-order chi connectivity index (χ1) is 8.52. The third kappa shape index (κ3) is 2.56. The molecule has 0 saturated heterocycles. The minimum absolute atomic E-state index is 0.0455. The van der Waals surface area contributed by atoms with Crippen molar-refractivity contribution in [2.45, 2.75) is 13.3 Å². The summed E-state index contributed by atoms with van der Waals surface area (Å²) in [7, 11) is 0. The Kier molecular flexibility index (Phi) is 3.43. The summed E-state index contributed by atoms with van der Waals surface area (Å²) in [6.07, 6.45) is 0.894. The summed E-state index contributed by atoms with van der Waals surface area (Å²) in [5, 5.41) is 14.9. The molecule has 4 N–H and O–H groups in total. The number of hydrogen-bond donors (Lipinski definition) is 3. The van der Waals surface area contributed by atoms with Gasteiger partial charge in [-0.3, -0.25) is 4.79 Å². The van der Waals surface area contributed by atoms with Crippen molar-refractivity contribution in [2.75, 3.05) is 5.32 Å². The van der Waals surface area contributed by atoms with Crippen LogP contribution in [0.4, 0.5) is 5.69 Å². The largest absolute Gasteiger partial charge is 0.409 e. The molecule has 0 spiro atoms. The summed E-state index contributed by atoms with van der Waals surface area (Å²) < 4.78 is 0. The number of amides is 1. The van der Waals surface area contributed by atoms with E-state index in [1.165, 1.54) is 0 Å². The molecular weight excluding hydrogens is 254 g/mol. The number of oxime groups is 1. The van der Waals surface area contributed by atoms with Crippen LogP contribution in [0.1, 0.15) is 18.9 Å². The first-order valence-corrected chi connectivity index (χ1v) is 5.99. The maximum Gasteiger partial charge on any atom is 0.227 e. The fraction of sp³-hybridized carbons (Fsp3) is 0.333. The molecule has 0 aromatic heterocycles. The number of nitrogens with one attached hydrogen (secondary N) is 1. The number of hydrogen-bond acceptors (Lipinski definition) is 3. The van der Waals surface area contributed by atoms with Crippen molar-refractivity contribution in [3.8, 4) is 0 Å². The molecule has 2 rings (SSSR count). The average Bonchev–Trinajstić information content (AvgIpc) is 3.06. The molecule has 18 heavy (non-hydrogen) atoms. The van der Waals surface area contributed by atoms with Crippen molar-refractivity contribution in [3.05, 3.63) is 28.8 Å². The molecule has 1 saturated carbocycles. The lowest BCUT2D eigenvalue weighted by Crippen LogP contribution is -2.20. The highest BCUT2D eigenvalue weighted by Crippen LogP contribution is 2.38. The zero-order valence-electron chi connectivity index (χ0n) is 9.85. The van der Waals surface area contributed by atoms with Crippen LogP contribution in [0.5, 0.6) is 0 Å². The van der Waals surface area contributed by atoms with Crippen LogP contribution in [0.25, 0.3) is 0 Å². The molecule has 0 aliphatic heterocycles. The van der Waals surface area contributed by atoms with Crippen molar-refractivity contribution >= 4 is 29.0 Å². The van der Waals surface area contributed by atoms with Crippen LogP contribution in [0.3, 0.4) is 0 Å². The molecule has 1 aromatic rings. The molecule has 1 aliphatic rings. The second kappa shape index (κ2) is 4.86. The van der Waals surface area contributed by atoms with Gasteiger partial charge in [-0.05, 0) is 30.5 Å². The third-order valence-corrected chi connectivity index (χ3v) is 3.30. The lowest BCUT2D eigenvalue weighted by Gasteiger charge is -2.10. The van der Waals surface area contributed by atoms with E-state index in [0.29, 0.717) is 22.2 Å². The zero-order valence-corrected chi connectivity index (χ0v) is 10.6. The fourth-order valence-electron chi connectivity index (χ4n) is 1.81. The number of anilines is 1. The minimum atomic E-state index is -0.0641. The van der Waals surface area contributed by atoms with E-state index in [0.717, 1.165) is 6.42 Å². The number of amidine groups is 1. The molecule has 1 aromatic carbocycles. The van der Waals surface area contributed by atoms with E-state index in [1.54, 1.807) is 18.2 Å². The van der Waals surface area contributed by atoms with Gasteiger partial charge in [-0.2, -0.15) is 0 Å². The summed E-state index contributed by atoms with van der Waals surface area (Å²) in [5.74, 6) is 0.336. The van der Waals surface area contributed by atoms with Crippen LogP contribution in [0, 0.1) is 11.8 Å². The number of halogens is 1. The maximum absolute atomic E-state index is 11.9. The second-order valence-electron chi connectivity index (χ2n) is 4.48. The Hall–Kier alpha value is -1.75. The van der Waals surface area contributed by atoms with Gasteiger partial charge in [-0.1, -0.05) is 23.7 Å². The van der Waals surface area contributed by atoms with Gasteiger partial charge in [-0.25, -0.2) is 0 Å². The van der Waals surface area contributed by atoms with E-state index in [2.05, 4.69) is 10.5 Å². The average molecular weight is 268 g/mol. The molecule has 0 radical (unpaired) electrons. The highest BCUT2D eigenvalue weighted by Gasteiger charge is 2.39. The molecule has 1 fully saturated rings. The minimum Gasteiger partial charge on any atom is -0.409 e. The Labute approximate surface area is 110 Å². The molecule has 0 heterocycles. The Morgan fingerprint density at radius 2 is 2.28 bits per heavy atom. The van der Waals surface area contributed by atoms with Crippen molar-refractivity contribution in [1.29, 1.82) is 0 Å². The second-order valence-corrected chi connectivity index (χ2v) is 4.92. The topological polar surface area (TPSA) is 87.7 Å². The van der Waals surface area contributed by atoms with Crippen LogP contribution in [0.2, 0.25) is 5.02 Å². The molecule has 6 heteroatoms. The predicted octanol–water partition coefficient (Wildman–Crippen LogP) is 2.03. The maximum atomic E-state index is 11.9. The molecule has 2 unspecified atom stereocenters. The fourth-order valence-corrected chi connectivity index (χ4v) is 1.98. The van der Waals surface area contributed by atoms with Crippen molar-refractivity contribution in [2.24, 2.45) is 22.7 Å². The predicted molar refractivity (Wildman–Crippen MR) is 69.9 cm³/mol. The number of carbonyl (C=O) groups excluding carboxylic acids is 1. The first kappa shape index (κ1) is 12.7. The molecular formula is C12H14ClN3O2. The summed E-state index contributed by atoms with van der Waals surface area (Å²) in [5.41, 5.74) is 6.45. The number of carbonyl (C=O) groups is 1. The molecule has 5 nitrogen and oxygen atoms in total. The lowest BCUT2D eigenvalue weighted by molar-refractivity contribution is -0.117. The van der Waals surface area contributed by atoms with Crippen LogP contribution in [0.15, 0.2) is 23.4 Å². The van der Waals surface area contributed by atoms with Crippen molar-refractivity contribution in [1.82, 2.24) is 0 Å². The van der Waals surface area contributed by atoms with Crippen LogP contribution in [-0.2, 0) is 4.79 Å². The van der Waals surface area contributed by atoms with Gasteiger partial charge in [0.15, 0.2) is 5.84 Å². The standard InChI is InChI=1S/C12H14ClN3O2/c1-6-4-9(6)12(17)15-10-5-7(13)2-3-8(10)11(14)16-18/h2-3,5-6,9,18H,4H2,1H3,(H2,14,16)(H,15,17). The highest BCUT2D eigenvalue weighted by atomic mass is 35.5. The van der Waals surface area contributed by atoms with Crippen molar-refractivity contribution < 1.29 is 10.0 Å². The van der Waals surface area contributed by atoms with Gasteiger partial charge < -0.3 is 16.3 Å². The smallest absolute Gasteiger partial charge is 0.227 e. The SMILES string of the molecule is CC1CC1C(=O)Nc1cc(Cl)ccc1C(N)=NO. The number of rotatable bonds is 3. The Morgan fingerprint density at radius 1 is 1.61 bits per heavy atom. The summed E-state index contributed by atoms with van der Waals surface area (Å²) in [6, 6.07) is 4.80. The number of nitrogens with two attached hydrogens (primary N) is 1.